The maximum Gasteiger partial charge on any atom is 0.0581 e. The van der Waals surface area contributed by atoms with Crippen LogP contribution < -0.4 is 0 Å². The van der Waals surface area contributed by atoms with Gasteiger partial charge >= 0.3 is 0 Å². The summed E-state index contributed by atoms with van der Waals surface area (Å²) in [5.74, 6) is 2.68. The lowest BCUT2D eigenvalue weighted by Crippen LogP contribution is -2.43. The van der Waals surface area contributed by atoms with Gasteiger partial charge < -0.3 is 0 Å². The molecule has 1 heteroatoms. The molecule has 0 aromatic heterocycles. The lowest BCUT2D eigenvalue weighted by Gasteiger charge is -2.43. The Balaban J connectivity index is 2.08. The molecule has 1 saturated carbocycles. The van der Waals surface area contributed by atoms with E-state index in [0.29, 0.717) is 6.04 Å². The van der Waals surface area contributed by atoms with Gasteiger partial charge in [-0.05, 0) is 31.6 Å². The first-order chi connectivity index (χ1) is 5.18. The zero-order valence-corrected chi connectivity index (χ0v) is 7.67. The maximum absolute atomic E-state index is 4.55. The van der Waals surface area contributed by atoms with Gasteiger partial charge in [-0.1, -0.05) is 13.8 Å². The van der Waals surface area contributed by atoms with Crippen molar-refractivity contribution in [3.63, 3.8) is 0 Å². The number of fused-ring (bicyclic) bond motifs is 1. The molecule has 2 rings (SSSR count). The molecular weight excluding hydrogens is 134 g/mol. The Kier molecular flexibility index (Phi) is 1.55. The van der Waals surface area contributed by atoms with Crippen molar-refractivity contribution in [2.45, 2.75) is 39.7 Å². The van der Waals surface area contributed by atoms with E-state index in [0.717, 1.165) is 17.8 Å². The topological polar surface area (TPSA) is 12.4 Å². The van der Waals surface area contributed by atoms with Gasteiger partial charge in [0.25, 0.3) is 0 Å². The Morgan fingerprint density at radius 2 is 1.82 bits per heavy atom. The lowest BCUT2D eigenvalue weighted by molar-refractivity contribution is 0.200. The minimum atomic E-state index is 0.709. The third-order valence-electron chi connectivity index (χ3n) is 3.58. The van der Waals surface area contributed by atoms with Crippen LogP contribution in [0.5, 0.6) is 0 Å². The molecule has 1 fully saturated rings. The summed E-state index contributed by atoms with van der Waals surface area (Å²) < 4.78 is 0. The molecule has 0 saturated heterocycles. The largest absolute Gasteiger partial charge is 0.290 e. The minimum Gasteiger partial charge on any atom is -0.290 e. The van der Waals surface area contributed by atoms with Gasteiger partial charge in [0.1, 0.15) is 0 Å². The van der Waals surface area contributed by atoms with E-state index in [9.17, 15) is 0 Å². The summed E-state index contributed by atoms with van der Waals surface area (Å²) in [6, 6.07) is 0.709. The Morgan fingerprint density at radius 3 is 2.45 bits per heavy atom. The van der Waals surface area contributed by atoms with Crippen molar-refractivity contribution in [3.05, 3.63) is 0 Å². The highest BCUT2D eigenvalue weighted by molar-refractivity contribution is 5.89. The molecule has 0 radical (unpaired) electrons. The predicted octanol–water partition coefficient (Wildman–Crippen LogP) is 2.51. The Hall–Kier alpha value is -0.330. The predicted molar refractivity (Wildman–Crippen MR) is 47.9 cm³/mol. The fourth-order valence-corrected chi connectivity index (χ4v) is 2.43. The summed E-state index contributed by atoms with van der Waals surface area (Å²) in [4.78, 5) is 4.55. The van der Waals surface area contributed by atoms with E-state index in [1.807, 2.05) is 0 Å². The first-order valence-corrected chi connectivity index (χ1v) is 4.72. The molecule has 0 aromatic carbocycles. The van der Waals surface area contributed by atoms with E-state index in [-0.39, 0.29) is 0 Å². The molecule has 0 amide bonds. The summed E-state index contributed by atoms with van der Waals surface area (Å²) in [6.45, 7) is 6.93. The van der Waals surface area contributed by atoms with Crippen LogP contribution in [0.25, 0.3) is 0 Å². The summed E-state index contributed by atoms with van der Waals surface area (Å²) in [6.07, 6.45) is 2.73. The smallest absolute Gasteiger partial charge is 0.0581 e. The fourth-order valence-electron chi connectivity index (χ4n) is 2.43. The number of aliphatic imine (C=N–C) groups is 1. The molecule has 1 heterocycles. The molecule has 0 bridgehead atoms. The summed E-state index contributed by atoms with van der Waals surface area (Å²) in [5, 5.41) is 0. The second-order valence-electron chi connectivity index (χ2n) is 4.37. The molecule has 2 aliphatic rings. The van der Waals surface area contributed by atoms with Crippen LogP contribution in [0.2, 0.25) is 0 Å². The number of hydrogen-bond acceptors (Lipinski definition) is 1. The molecule has 1 aliphatic carbocycles. The molecule has 0 N–H and O–H groups in total. The first-order valence-electron chi connectivity index (χ1n) is 4.72. The van der Waals surface area contributed by atoms with Crippen molar-refractivity contribution in [1.29, 1.82) is 0 Å². The molecule has 62 valence electrons. The van der Waals surface area contributed by atoms with Crippen LogP contribution >= 0.6 is 0 Å². The van der Waals surface area contributed by atoms with E-state index in [1.54, 1.807) is 0 Å². The molecule has 4 atom stereocenters. The van der Waals surface area contributed by atoms with Gasteiger partial charge in [0.05, 0.1) is 6.04 Å². The maximum atomic E-state index is 4.55. The Bertz CT molecular complexity index is 195. The van der Waals surface area contributed by atoms with Crippen molar-refractivity contribution in [2.24, 2.45) is 22.7 Å². The Morgan fingerprint density at radius 1 is 1.18 bits per heavy atom. The fraction of sp³-hybridized carbons (Fsp3) is 0.900. The van der Waals surface area contributed by atoms with Crippen LogP contribution in [0.4, 0.5) is 0 Å². The standard InChI is InChI=1S/C10H17N/c1-6-4-9-8(3)11-10(9)5-7(6)2/h6-7,9-10H,4-5H2,1-3H3. The highest BCUT2D eigenvalue weighted by Crippen LogP contribution is 2.40. The molecule has 11 heavy (non-hydrogen) atoms. The molecular formula is C10H17N. The monoisotopic (exact) mass is 151 g/mol. The van der Waals surface area contributed by atoms with E-state index < -0.39 is 0 Å². The third kappa shape index (κ3) is 1.02. The number of nitrogens with zero attached hydrogens (tertiary/aromatic N) is 1. The van der Waals surface area contributed by atoms with Gasteiger partial charge in [0.15, 0.2) is 0 Å². The van der Waals surface area contributed by atoms with E-state index in [1.165, 1.54) is 18.6 Å². The number of rotatable bonds is 0. The second-order valence-corrected chi connectivity index (χ2v) is 4.37. The molecule has 4 unspecified atom stereocenters. The van der Waals surface area contributed by atoms with Gasteiger partial charge in [0.2, 0.25) is 0 Å². The van der Waals surface area contributed by atoms with Gasteiger partial charge in [-0.25, -0.2) is 0 Å². The molecule has 0 spiro atoms. The van der Waals surface area contributed by atoms with E-state index in [4.69, 9.17) is 0 Å². The average Bonchev–Trinajstić information content (AvgIpc) is 1.97. The van der Waals surface area contributed by atoms with E-state index in [2.05, 4.69) is 25.8 Å². The molecule has 1 nitrogen and oxygen atoms in total. The highest BCUT2D eigenvalue weighted by atomic mass is 14.9. The number of hydrogen-bond donors (Lipinski definition) is 0. The van der Waals surface area contributed by atoms with Crippen LogP contribution in [-0.2, 0) is 0 Å². The first kappa shape index (κ1) is 7.33. The minimum absolute atomic E-state index is 0.709. The zero-order chi connectivity index (χ0) is 8.01. The molecule has 0 aromatic rings. The van der Waals surface area contributed by atoms with Gasteiger partial charge in [0, 0.05) is 11.6 Å². The third-order valence-corrected chi connectivity index (χ3v) is 3.58. The van der Waals surface area contributed by atoms with Crippen molar-refractivity contribution >= 4 is 5.71 Å². The lowest BCUT2D eigenvalue weighted by atomic mass is 9.68. The van der Waals surface area contributed by atoms with Gasteiger partial charge in [-0.2, -0.15) is 0 Å². The van der Waals surface area contributed by atoms with Crippen molar-refractivity contribution in [1.82, 2.24) is 0 Å². The van der Waals surface area contributed by atoms with E-state index >= 15 is 0 Å². The SMILES string of the molecule is CC1=NC2CC(C)C(C)CC12. The van der Waals surface area contributed by atoms with Crippen molar-refractivity contribution in [3.8, 4) is 0 Å². The second kappa shape index (κ2) is 2.33. The van der Waals surface area contributed by atoms with Crippen LogP contribution in [0, 0.1) is 17.8 Å². The zero-order valence-electron chi connectivity index (χ0n) is 7.67. The van der Waals surface area contributed by atoms with Gasteiger partial charge in [-0.15, -0.1) is 0 Å². The van der Waals surface area contributed by atoms with Crippen LogP contribution in [0.3, 0.4) is 0 Å². The Labute approximate surface area is 68.9 Å². The average molecular weight is 151 g/mol. The molecule has 1 aliphatic heterocycles. The van der Waals surface area contributed by atoms with Gasteiger partial charge in [-0.3, -0.25) is 4.99 Å². The van der Waals surface area contributed by atoms with Crippen LogP contribution in [-0.4, -0.2) is 11.8 Å². The summed E-state index contributed by atoms with van der Waals surface area (Å²) in [5.41, 5.74) is 1.41. The van der Waals surface area contributed by atoms with Crippen LogP contribution in [0.15, 0.2) is 4.99 Å². The van der Waals surface area contributed by atoms with Crippen LogP contribution in [0.1, 0.15) is 33.6 Å². The van der Waals surface area contributed by atoms with Crippen molar-refractivity contribution in [2.75, 3.05) is 0 Å². The normalized spacial score (nSPS) is 49.2. The van der Waals surface area contributed by atoms with Crippen molar-refractivity contribution < 1.29 is 0 Å². The summed E-state index contributed by atoms with van der Waals surface area (Å²) >= 11 is 0. The quantitative estimate of drug-likeness (QED) is 0.504. The highest BCUT2D eigenvalue weighted by Gasteiger charge is 2.39. The summed E-state index contributed by atoms with van der Waals surface area (Å²) in [7, 11) is 0.